The second-order valence-electron chi connectivity index (χ2n) is 5.17. The summed E-state index contributed by atoms with van der Waals surface area (Å²) in [7, 11) is 1.66. The van der Waals surface area contributed by atoms with E-state index in [9.17, 15) is 8.78 Å². The lowest BCUT2D eigenvalue weighted by molar-refractivity contribution is -0.0504. The van der Waals surface area contributed by atoms with Gasteiger partial charge in [-0.1, -0.05) is 25.1 Å². The van der Waals surface area contributed by atoms with Gasteiger partial charge in [0.2, 0.25) is 0 Å². The molecule has 2 rings (SSSR count). The molecule has 0 aliphatic carbocycles. The molecule has 26 heavy (non-hydrogen) atoms. The molecular formula is C17H23F2IN4OS. The van der Waals surface area contributed by atoms with Crippen LogP contribution in [0.15, 0.2) is 34.6 Å². The van der Waals surface area contributed by atoms with Crippen molar-refractivity contribution in [2.45, 2.75) is 32.9 Å². The molecule has 2 N–H and O–H groups in total. The first-order valence-corrected chi connectivity index (χ1v) is 8.90. The molecule has 0 spiro atoms. The van der Waals surface area contributed by atoms with Crippen molar-refractivity contribution in [1.82, 2.24) is 15.6 Å². The number of hydrogen-bond acceptors (Lipinski definition) is 4. The summed E-state index contributed by atoms with van der Waals surface area (Å²) in [5.74, 6) is 0.757. The highest BCUT2D eigenvalue weighted by atomic mass is 127. The van der Waals surface area contributed by atoms with E-state index in [1.165, 1.54) is 6.07 Å². The molecule has 0 radical (unpaired) electrons. The number of guanidine groups is 1. The Balaban J connectivity index is 0.00000338. The molecule has 0 saturated heterocycles. The summed E-state index contributed by atoms with van der Waals surface area (Å²) in [6.07, 6.45) is 1.74. The number of para-hydroxylation sites is 1. The summed E-state index contributed by atoms with van der Waals surface area (Å²) in [5, 5.41) is 9.49. The Bertz CT molecular complexity index is 697. The third kappa shape index (κ3) is 7.40. The summed E-state index contributed by atoms with van der Waals surface area (Å²) < 4.78 is 29.4. The van der Waals surface area contributed by atoms with Crippen molar-refractivity contribution in [3.05, 3.63) is 45.9 Å². The van der Waals surface area contributed by atoms with Gasteiger partial charge < -0.3 is 15.4 Å². The molecule has 5 nitrogen and oxygen atoms in total. The predicted molar refractivity (Wildman–Crippen MR) is 112 cm³/mol. The standard InChI is InChI=1S/C17H22F2N4OS.HI/c1-3-15-23-13(11-25-15)8-9-21-17(20-2)22-10-12-6-4-5-7-14(12)24-16(18)19;/h4-7,11,16H,3,8-10H2,1-2H3,(H2,20,21,22);1H. The van der Waals surface area contributed by atoms with Crippen LogP contribution in [0.3, 0.4) is 0 Å². The van der Waals surface area contributed by atoms with E-state index < -0.39 is 6.61 Å². The summed E-state index contributed by atoms with van der Waals surface area (Å²) in [6, 6.07) is 6.69. The fourth-order valence-electron chi connectivity index (χ4n) is 2.20. The zero-order valence-electron chi connectivity index (χ0n) is 14.7. The zero-order chi connectivity index (χ0) is 18.1. The molecule has 9 heteroatoms. The number of aliphatic imine (C=N–C) groups is 1. The Morgan fingerprint density at radius 2 is 2.08 bits per heavy atom. The van der Waals surface area contributed by atoms with E-state index in [-0.39, 0.29) is 29.7 Å². The number of halogens is 3. The quantitative estimate of drug-likeness (QED) is 0.332. The van der Waals surface area contributed by atoms with Gasteiger partial charge in [0.25, 0.3) is 0 Å². The van der Waals surface area contributed by atoms with Crippen LogP contribution in [0.5, 0.6) is 5.75 Å². The first kappa shape index (κ1) is 22.6. The van der Waals surface area contributed by atoms with E-state index >= 15 is 0 Å². The normalized spacial score (nSPS) is 11.2. The maximum absolute atomic E-state index is 12.4. The minimum Gasteiger partial charge on any atom is -0.434 e. The summed E-state index contributed by atoms with van der Waals surface area (Å²) >= 11 is 1.67. The van der Waals surface area contributed by atoms with Crippen LogP contribution in [-0.4, -0.2) is 31.1 Å². The Labute approximate surface area is 173 Å². The highest BCUT2D eigenvalue weighted by molar-refractivity contribution is 14.0. The molecular weight excluding hydrogens is 473 g/mol. The lowest BCUT2D eigenvalue weighted by Gasteiger charge is -2.14. The first-order valence-electron chi connectivity index (χ1n) is 8.03. The van der Waals surface area contributed by atoms with Gasteiger partial charge in [0.1, 0.15) is 5.75 Å². The number of aryl methyl sites for hydroxylation is 1. The van der Waals surface area contributed by atoms with Crippen molar-refractivity contribution in [2.75, 3.05) is 13.6 Å². The second kappa shape index (κ2) is 12.0. The Morgan fingerprint density at radius 1 is 1.31 bits per heavy atom. The van der Waals surface area contributed by atoms with Gasteiger partial charge in [-0.3, -0.25) is 4.99 Å². The molecule has 2 aromatic rings. The van der Waals surface area contributed by atoms with Gasteiger partial charge >= 0.3 is 6.61 Å². The molecule has 0 unspecified atom stereocenters. The van der Waals surface area contributed by atoms with Gasteiger partial charge in [0.15, 0.2) is 5.96 Å². The van der Waals surface area contributed by atoms with Crippen molar-refractivity contribution < 1.29 is 13.5 Å². The van der Waals surface area contributed by atoms with Crippen molar-refractivity contribution in [3.8, 4) is 5.75 Å². The van der Waals surface area contributed by atoms with E-state index in [2.05, 4.69) is 37.7 Å². The number of aromatic nitrogens is 1. The zero-order valence-corrected chi connectivity index (χ0v) is 17.8. The number of hydrogen-bond donors (Lipinski definition) is 2. The SMILES string of the molecule is CCc1nc(CCNC(=NC)NCc2ccccc2OC(F)F)cs1.I. The van der Waals surface area contributed by atoms with Crippen LogP contribution in [0.4, 0.5) is 8.78 Å². The minimum absolute atomic E-state index is 0. The maximum Gasteiger partial charge on any atom is 0.387 e. The van der Waals surface area contributed by atoms with E-state index in [4.69, 9.17) is 0 Å². The predicted octanol–water partition coefficient (Wildman–Crippen LogP) is 3.83. The first-order chi connectivity index (χ1) is 12.1. The average molecular weight is 496 g/mol. The Hall–Kier alpha value is -1.49. The van der Waals surface area contributed by atoms with Crippen molar-refractivity contribution in [1.29, 1.82) is 0 Å². The summed E-state index contributed by atoms with van der Waals surface area (Å²) in [5.41, 5.74) is 1.69. The fourth-order valence-corrected chi connectivity index (χ4v) is 2.97. The number of alkyl halides is 2. The number of thiazole rings is 1. The maximum atomic E-state index is 12.4. The molecule has 0 atom stereocenters. The van der Waals surface area contributed by atoms with Gasteiger partial charge in [0.05, 0.1) is 10.7 Å². The van der Waals surface area contributed by atoms with Gasteiger partial charge in [-0.25, -0.2) is 4.98 Å². The molecule has 0 aliphatic heterocycles. The van der Waals surface area contributed by atoms with Crippen molar-refractivity contribution in [2.24, 2.45) is 4.99 Å². The highest BCUT2D eigenvalue weighted by Crippen LogP contribution is 2.19. The van der Waals surface area contributed by atoms with Crippen LogP contribution in [-0.2, 0) is 19.4 Å². The number of rotatable bonds is 8. The number of benzene rings is 1. The monoisotopic (exact) mass is 496 g/mol. The second-order valence-corrected chi connectivity index (χ2v) is 6.12. The molecule has 1 heterocycles. The van der Waals surface area contributed by atoms with Crippen LogP contribution >= 0.6 is 35.3 Å². The number of nitrogens with one attached hydrogen (secondary N) is 2. The van der Waals surface area contributed by atoms with Gasteiger partial charge in [0, 0.05) is 37.5 Å². The molecule has 0 fully saturated rings. The van der Waals surface area contributed by atoms with Crippen LogP contribution in [0.2, 0.25) is 0 Å². The van der Waals surface area contributed by atoms with Gasteiger partial charge in [-0.15, -0.1) is 35.3 Å². The number of nitrogens with zero attached hydrogens (tertiary/aromatic N) is 2. The summed E-state index contributed by atoms with van der Waals surface area (Å²) in [6.45, 7) is 0.258. The molecule has 0 aliphatic rings. The smallest absolute Gasteiger partial charge is 0.387 e. The van der Waals surface area contributed by atoms with E-state index in [0.29, 0.717) is 24.6 Å². The number of ether oxygens (including phenoxy) is 1. The minimum atomic E-state index is -2.84. The largest absolute Gasteiger partial charge is 0.434 e. The van der Waals surface area contributed by atoms with Crippen LogP contribution in [0.1, 0.15) is 23.2 Å². The van der Waals surface area contributed by atoms with Gasteiger partial charge in [-0.05, 0) is 12.5 Å². The van der Waals surface area contributed by atoms with Crippen LogP contribution in [0, 0.1) is 0 Å². The molecule has 144 valence electrons. The van der Waals surface area contributed by atoms with Gasteiger partial charge in [-0.2, -0.15) is 8.78 Å². The van der Waals surface area contributed by atoms with Crippen molar-refractivity contribution in [3.63, 3.8) is 0 Å². The molecule has 0 bridgehead atoms. The molecule has 1 aromatic carbocycles. The molecule has 0 saturated carbocycles. The van der Waals surface area contributed by atoms with Crippen molar-refractivity contribution >= 4 is 41.3 Å². The topological polar surface area (TPSA) is 58.5 Å². The van der Waals surface area contributed by atoms with Crippen LogP contribution in [0.25, 0.3) is 0 Å². The summed E-state index contributed by atoms with van der Waals surface area (Å²) in [4.78, 5) is 8.65. The molecule has 0 amide bonds. The Kier molecular flexibility index (Phi) is 10.4. The lowest BCUT2D eigenvalue weighted by Crippen LogP contribution is -2.38. The highest BCUT2D eigenvalue weighted by Gasteiger charge is 2.09. The third-order valence-corrected chi connectivity index (χ3v) is 4.48. The Morgan fingerprint density at radius 3 is 2.73 bits per heavy atom. The average Bonchev–Trinajstić information content (AvgIpc) is 3.06. The third-order valence-electron chi connectivity index (χ3n) is 3.43. The van der Waals surface area contributed by atoms with Crippen LogP contribution < -0.4 is 15.4 Å². The lowest BCUT2D eigenvalue weighted by atomic mass is 10.2. The molecule has 1 aromatic heterocycles. The van der Waals surface area contributed by atoms with E-state index in [0.717, 1.165) is 23.5 Å². The van der Waals surface area contributed by atoms with E-state index in [1.807, 2.05) is 0 Å². The van der Waals surface area contributed by atoms with E-state index in [1.54, 1.807) is 36.6 Å². The fraction of sp³-hybridized carbons (Fsp3) is 0.412.